The van der Waals surface area contributed by atoms with E-state index in [9.17, 15) is 19.7 Å². The van der Waals surface area contributed by atoms with Crippen molar-refractivity contribution in [2.45, 2.75) is 52.5 Å². The number of esters is 1. The summed E-state index contributed by atoms with van der Waals surface area (Å²) in [6.45, 7) is 6.07. The Hall–Kier alpha value is -2.26. The van der Waals surface area contributed by atoms with Gasteiger partial charge in [0.1, 0.15) is 4.88 Å². The first-order valence-corrected chi connectivity index (χ1v) is 11.7. The highest BCUT2D eigenvalue weighted by molar-refractivity contribution is 7.24. The molecule has 2 heterocycles. The highest BCUT2D eigenvalue weighted by atomic mass is 32.1. The third-order valence-corrected chi connectivity index (χ3v) is 7.81. The van der Waals surface area contributed by atoms with Gasteiger partial charge >= 0.3 is 11.0 Å². The molecule has 0 spiro atoms. The maximum atomic E-state index is 13.4. The number of ether oxygens (including phenoxy) is 1. The lowest BCUT2D eigenvalue weighted by molar-refractivity contribution is -0.380. The van der Waals surface area contributed by atoms with Crippen molar-refractivity contribution >= 4 is 45.2 Å². The number of hydrogen-bond donors (Lipinski definition) is 0. The van der Waals surface area contributed by atoms with Crippen molar-refractivity contribution in [3.05, 3.63) is 33.2 Å². The predicted molar refractivity (Wildman–Crippen MR) is 119 cm³/mol. The van der Waals surface area contributed by atoms with Gasteiger partial charge in [-0.05, 0) is 57.6 Å². The standard InChI is InChI=1S/C21H26N2O5S2/c1-12(2)22(20(24)14-7-5-13(3)6-8-14)15-11-17(30-19(15)21(25)28-4)16-9-10-18(29-16)23(26)27/h9-14H,5-8H2,1-4H3/t13-,14-. The minimum Gasteiger partial charge on any atom is -0.465 e. The van der Waals surface area contributed by atoms with E-state index in [1.54, 1.807) is 17.0 Å². The van der Waals surface area contributed by atoms with E-state index in [4.69, 9.17) is 4.74 Å². The van der Waals surface area contributed by atoms with Gasteiger partial charge in [0, 0.05) is 22.9 Å². The van der Waals surface area contributed by atoms with E-state index in [2.05, 4.69) is 6.92 Å². The van der Waals surface area contributed by atoms with Crippen LogP contribution >= 0.6 is 22.7 Å². The Morgan fingerprint density at radius 3 is 2.37 bits per heavy atom. The second-order valence-corrected chi connectivity index (χ2v) is 10.1. The van der Waals surface area contributed by atoms with Gasteiger partial charge in [-0.15, -0.1) is 11.3 Å². The van der Waals surface area contributed by atoms with Gasteiger partial charge in [-0.3, -0.25) is 14.9 Å². The van der Waals surface area contributed by atoms with Gasteiger partial charge in [-0.25, -0.2) is 4.79 Å². The monoisotopic (exact) mass is 450 g/mol. The van der Waals surface area contributed by atoms with Crippen LogP contribution < -0.4 is 4.90 Å². The maximum absolute atomic E-state index is 13.4. The molecule has 2 aromatic heterocycles. The third kappa shape index (κ3) is 4.57. The fourth-order valence-electron chi connectivity index (χ4n) is 3.83. The molecule has 3 rings (SSSR count). The molecule has 1 saturated carbocycles. The van der Waals surface area contributed by atoms with E-state index >= 15 is 0 Å². The molecular formula is C21H26N2O5S2. The molecule has 162 valence electrons. The van der Waals surface area contributed by atoms with Crippen LogP contribution in [0.5, 0.6) is 0 Å². The molecule has 9 heteroatoms. The second kappa shape index (κ2) is 9.26. The highest BCUT2D eigenvalue weighted by Gasteiger charge is 2.34. The van der Waals surface area contributed by atoms with E-state index in [0.29, 0.717) is 26.2 Å². The van der Waals surface area contributed by atoms with E-state index in [1.165, 1.54) is 24.5 Å². The van der Waals surface area contributed by atoms with Crippen LogP contribution in [-0.2, 0) is 9.53 Å². The lowest BCUT2D eigenvalue weighted by Crippen LogP contribution is -2.42. The average Bonchev–Trinajstić information content (AvgIpc) is 3.35. The minimum absolute atomic E-state index is 0.0311. The summed E-state index contributed by atoms with van der Waals surface area (Å²) in [6, 6.07) is 4.77. The Bertz CT molecular complexity index is 941. The lowest BCUT2D eigenvalue weighted by atomic mass is 9.82. The van der Waals surface area contributed by atoms with Crippen molar-refractivity contribution in [3.8, 4) is 9.75 Å². The van der Waals surface area contributed by atoms with Gasteiger partial charge in [0.2, 0.25) is 5.91 Å². The molecule has 0 N–H and O–H groups in total. The molecule has 2 aromatic rings. The van der Waals surface area contributed by atoms with Gasteiger partial charge in [-0.1, -0.05) is 18.3 Å². The molecule has 0 aliphatic heterocycles. The molecule has 1 amide bonds. The lowest BCUT2D eigenvalue weighted by Gasteiger charge is -2.33. The summed E-state index contributed by atoms with van der Waals surface area (Å²) in [5.74, 6) is 0.0985. The van der Waals surface area contributed by atoms with Crippen molar-refractivity contribution in [1.82, 2.24) is 0 Å². The quantitative estimate of drug-likeness (QED) is 0.318. The summed E-state index contributed by atoms with van der Waals surface area (Å²) in [7, 11) is 1.31. The van der Waals surface area contributed by atoms with Crippen molar-refractivity contribution in [1.29, 1.82) is 0 Å². The fourth-order valence-corrected chi connectivity index (χ4v) is 5.80. The first-order chi connectivity index (χ1) is 14.2. The number of carbonyl (C=O) groups is 2. The number of thiophene rings is 2. The molecule has 0 radical (unpaired) electrons. The molecule has 0 bridgehead atoms. The van der Waals surface area contributed by atoms with E-state index < -0.39 is 10.9 Å². The topological polar surface area (TPSA) is 89.8 Å². The molecule has 1 fully saturated rings. The number of methoxy groups -OCH3 is 1. The zero-order chi connectivity index (χ0) is 22.0. The largest absolute Gasteiger partial charge is 0.465 e. The van der Waals surface area contributed by atoms with Gasteiger partial charge in [0.25, 0.3) is 0 Å². The molecule has 1 aliphatic carbocycles. The van der Waals surface area contributed by atoms with Gasteiger partial charge in [0.15, 0.2) is 0 Å². The molecule has 0 saturated heterocycles. The van der Waals surface area contributed by atoms with E-state index in [-0.39, 0.29) is 22.9 Å². The summed E-state index contributed by atoms with van der Waals surface area (Å²) < 4.78 is 4.97. The third-order valence-electron chi connectivity index (χ3n) is 5.48. The van der Waals surface area contributed by atoms with Crippen LogP contribution in [0, 0.1) is 22.0 Å². The number of hydrogen-bond acceptors (Lipinski definition) is 7. The fraction of sp³-hybridized carbons (Fsp3) is 0.524. The molecule has 1 aliphatic rings. The Labute approximate surface area is 183 Å². The first-order valence-electron chi connectivity index (χ1n) is 10.0. The number of carbonyl (C=O) groups excluding carboxylic acids is 2. The summed E-state index contributed by atoms with van der Waals surface area (Å²) in [5, 5.41) is 11.1. The van der Waals surface area contributed by atoms with Crippen molar-refractivity contribution in [3.63, 3.8) is 0 Å². The Kier molecular flexibility index (Phi) is 6.92. The highest BCUT2D eigenvalue weighted by Crippen LogP contribution is 2.43. The van der Waals surface area contributed by atoms with E-state index in [0.717, 1.165) is 37.0 Å². The molecular weight excluding hydrogens is 424 g/mol. The molecule has 0 atom stereocenters. The minimum atomic E-state index is -0.511. The van der Waals surface area contributed by atoms with Crippen LogP contribution in [0.3, 0.4) is 0 Å². The van der Waals surface area contributed by atoms with Gasteiger partial charge in [0.05, 0.1) is 22.6 Å². The SMILES string of the molecule is COC(=O)c1sc(-c2ccc([N+](=O)[O-])s2)cc1N(C(=O)[C@H]1CC[C@H](C)CC1)C(C)C. The van der Waals surface area contributed by atoms with Crippen LogP contribution in [0.25, 0.3) is 9.75 Å². The Morgan fingerprint density at radius 1 is 1.17 bits per heavy atom. The number of nitro groups is 1. The zero-order valence-electron chi connectivity index (χ0n) is 17.5. The van der Waals surface area contributed by atoms with E-state index in [1.807, 2.05) is 13.8 Å². The van der Waals surface area contributed by atoms with Gasteiger partial charge < -0.3 is 9.64 Å². The predicted octanol–water partition coefficient (Wildman–Crippen LogP) is 5.74. The maximum Gasteiger partial charge on any atom is 0.350 e. The van der Waals surface area contributed by atoms with Gasteiger partial charge in [-0.2, -0.15) is 0 Å². The number of nitrogens with zero attached hydrogens (tertiary/aromatic N) is 2. The average molecular weight is 451 g/mol. The number of amides is 1. The normalized spacial score (nSPS) is 19.0. The Morgan fingerprint density at radius 2 is 1.83 bits per heavy atom. The van der Waals surface area contributed by atoms with Crippen LogP contribution in [0.1, 0.15) is 56.1 Å². The van der Waals surface area contributed by atoms with Crippen LogP contribution in [0.4, 0.5) is 10.7 Å². The summed E-state index contributed by atoms with van der Waals surface area (Å²) in [5.41, 5.74) is 0.525. The molecule has 7 nitrogen and oxygen atoms in total. The first kappa shape index (κ1) is 22.4. The molecule has 0 unspecified atom stereocenters. The molecule has 30 heavy (non-hydrogen) atoms. The smallest absolute Gasteiger partial charge is 0.350 e. The second-order valence-electron chi connectivity index (χ2n) is 7.97. The van der Waals surface area contributed by atoms with Crippen LogP contribution in [0.15, 0.2) is 18.2 Å². The zero-order valence-corrected chi connectivity index (χ0v) is 19.2. The Balaban J connectivity index is 2.01. The summed E-state index contributed by atoms with van der Waals surface area (Å²) >= 11 is 2.25. The molecule has 0 aromatic carbocycles. The van der Waals surface area contributed by atoms with Crippen molar-refractivity contribution in [2.24, 2.45) is 11.8 Å². The number of rotatable bonds is 6. The van der Waals surface area contributed by atoms with Crippen LogP contribution in [0.2, 0.25) is 0 Å². The number of anilines is 1. The van der Waals surface area contributed by atoms with Crippen molar-refractivity contribution in [2.75, 3.05) is 12.0 Å². The van der Waals surface area contributed by atoms with Crippen molar-refractivity contribution < 1.29 is 19.2 Å². The summed E-state index contributed by atoms with van der Waals surface area (Å²) in [6.07, 6.45) is 3.76. The van der Waals surface area contributed by atoms with Crippen LogP contribution in [-0.4, -0.2) is 30.0 Å². The summed E-state index contributed by atoms with van der Waals surface area (Å²) in [4.78, 5) is 40.0.